The van der Waals surface area contributed by atoms with Crippen molar-refractivity contribution in [1.82, 2.24) is 20.2 Å². The van der Waals surface area contributed by atoms with Crippen LogP contribution in [0.4, 0.5) is 11.6 Å². The number of amides is 1. The van der Waals surface area contributed by atoms with Crippen molar-refractivity contribution in [2.75, 3.05) is 17.3 Å². The Kier molecular flexibility index (Phi) is 4.55. The predicted octanol–water partition coefficient (Wildman–Crippen LogP) is 2.06. The molecule has 122 valence electrons. The molecular weight excluding hydrogens is 292 g/mol. The lowest BCUT2D eigenvalue weighted by molar-refractivity contribution is -0.116. The van der Waals surface area contributed by atoms with Gasteiger partial charge < -0.3 is 10.2 Å². The van der Waals surface area contributed by atoms with E-state index >= 15 is 0 Å². The normalized spacial score (nSPS) is 13.8. The van der Waals surface area contributed by atoms with E-state index in [1.165, 1.54) is 12.8 Å². The van der Waals surface area contributed by atoms with Gasteiger partial charge in [0.05, 0.1) is 6.54 Å². The smallest absolute Gasteiger partial charge is 0.245 e. The van der Waals surface area contributed by atoms with E-state index in [2.05, 4.69) is 25.7 Å². The Labute approximate surface area is 135 Å². The van der Waals surface area contributed by atoms with E-state index in [4.69, 9.17) is 0 Å². The maximum absolute atomic E-state index is 11.6. The molecule has 2 aromatic rings. The fourth-order valence-electron chi connectivity index (χ4n) is 2.50. The van der Waals surface area contributed by atoms with Crippen molar-refractivity contribution in [1.29, 1.82) is 0 Å². The minimum absolute atomic E-state index is 0.0501. The first-order valence-electron chi connectivity index (χ1n) is 8.05. The van der Waals surface area contributed by atoms with Crippen molar-refractivity contribution in [3.63, 3.8) is 0 Å². The second kappa shape index (κ2) is 6.76. The number of hydrogen-bond acceptors (Lipinski definition) is 5. The second-order valence-electron chi connectivity index (χ2n) is 5.97. The number of nitrogens with zero attached hydrogens (tertiary/aromatic N) is 5. The van der Waals surface area contributed by atoms with E-state index in [0.29, 0.717) is 19.0 Å². The third-order valence-electron chi connectivity index (χ3n) is 3.97. The number of benzene rings is 1. The quantitative estimate of drug-likeness (QED) is 0.846. The first-order chi connectivity index (χ1) is 11.2. The van der Waals surface area contributed by atoms with Crippen molar-refractivity contribution in [3.8, 4) is 0 Å². The van der Waals surface area contributed by atoms with Gasteiger partial charge in [-0.15, -0.1) is 0 Å². The summed E-state index contributed by atoms with van der Waals surface area (Å²) in [6.45, 7) is 2.60. The molecule has 1 amide bonds. The van der Waals surface area contributed by atoms with Gasteiger partial charge in [-0.1, -0.05) is 24.2 Å². The summed E-state index contributed by atoms with van der Waals surface area (Å²) in [5.41, 5.74) is 1.91. The zero-order valence-electron chi connectivity index (χ0n) is 13.6. The zero-order chi connectivity index (χ0) is 16.2. The van der Waals surface area contributed by atoms with Crippen LogP contribution in [0.25, 0.3) is 0 Å². The number of anilines is 2. The van der Waals surface area contributed by atoms with Crippen LogP contribution in [0, 0.1) is 0 Å². The van der Waals surface area contributed by atoms with Gasteiger partial charge in [0, 0.05) is 25.2 Å². The lowest BCUT2D eigenvalue weighted by Gasteiger charge is -2.16. The lowest BCUT2D eigenvalue weighted by Crippen LogP contribution is -2.24. The van der Waals surface area contributed by atoms with Crippen LogP contribution in [0.1, 0.15) is 38.2 Å². The number of aromatic nitrogens is 4. The van der Waals surface area contributed by atoms with Gasteiger partial charge in [-0.05, 0) is 47.4 Å². The molecule has 0 atom stereocenters. The van der Waals surface area contributed by atoms with Crippen LogP contribution in [-0.4, -0.2) is 39.2 Å². The number of rotatable bonds is 7. The van der Waals surface area contributed by atoms with Crippen LogP contribution < -0.4 is 10.2 Å². The molecule has 1 aliphatic carbocycles. The van der Waals surface area contributed by atoms with Gasteiger partial charge in [-0.3, -0.25) is 4.79 Å². The number of carbonyl (C=O) groups excluding carboxylic acids is 1. The van der Waals surface area contributed by atoms with Crippen LogP contribution in [0.2, 0.25) is 0 Å². The second-order valence-corrected chi connectivity index (χ2v) is 5.97. The molecule has 1 aliphatic rings. The van der Waals surface area contributed by atoms with E-state index < -0.39 is 0 Å². The number of hydrogen-bond donors (Lipinski definition) is 1. The van der Waals surface area contributed by atoms with Crippen LogP contribution in [0.5, 0.6) is 0 Å². The van der Waals surface area contributed by atoms with Crippen LogP contribution in [-0.2, 0) is 11.3 Å². The largest absolute Gasteiger partial charge is 0.340 e. The van der Waals surface area contributed by atoms with Gasteiger partial charge in [-0.2, -0.15) is 0 Å². The topological polar surface area (TPSA) is 75.9 Å². The minimum Gasteiger partial charge on any atom is -0.340 e. The summed E-state index contributed by atoms with van der Waals surface area (Å²) in [6.07, 6.45) is 3.80. The number of nitrogens with one attached hydrogen (secondary N) is 1. The van der Waals surface area contributed by atoms with Crippen molar-refractivity contribution < 1.29 is 4.79 Å². The fourth-order valence-corrected chi connectivity index (χ4v) is 2.50. The van der Waals surface area contributed by atoms with Gasteiger partial charge in [-0.25, -0.2) is 4.68 Å². The fraction of sp³-hybridized carbons (Fsp3) is 0.500. The summed E-state index contributed by atoms with van der Waals surface area (Å²) in [5.74, 6) is 0.849. The molecule has 7 heteroatoms. The highest BCUT2D eigenvalue weighted by Crippen LogP contribution is 2.28. The van der Waals surface area contributed by atoms with Gasteiger partial charge in [0.2, 0.25) is 11.9 Å². The average molecular weight is 314 g/mol. The molecule has 0 bridgehead atoms. The van der Waals surface area contributed by atoms with E-state index in [0.717, 1.165) is 23.6 Å². The van der Waals surface area contributed by atoms with Crippen LogP contribution in [0.3, 0.4) is 0 Å². The molecule has 0 aliphatic heterocycles. The average Bonchev–Trinajstić information content (AvgIpc) is 3.29. The Hall–Kier alpha value is -2.44. The molecule has 1 heterocycles. The van der Waals surface area contributed by atoms with Crippen molar-refractivity contribution in [3.05, 3.63) is 29.8 Å². The van der Waals surface area contributed by atoms with Gasteiger partial charge in [0.1, 0.15) is 0 Å². The first-order valence-corrected chi connectivity index (χ1v) is 8.05. The van der Waals surface area contributed by atoms with Crippen molar-refractivity contribution in [2.24, 2.45) is 0 Å². The molecule has 1 N–H and O–H groups in total. The van der Waals surface area contributed by atoms with Crippen LogP contribution in [0.15, 0.2) is 24.3 Å². The summed E-state index contributed by atoms with van der Waals surface area (Å²) < 4.78 is 1.81. The Bertz CT molecular complexity index is 661. The van der Waals surface area contributed by atoms with Crippen molar-refractivity contribution in [2.45, 2.75) is 45.2 Å². The van der Waals surface area contributed by atoms with Crippen LogP contribution >= 0.6 is 0 Å². The van der Waals surface area contributed by atoms with E-state index in [1.807, 2.05) is 42.9 Å². The Morgan fingerprint density at radius 2 is 2.09 bits per heavy atom. The highest BCUT2D eigenvalue weighted by Gasteiger charge is 2.29. The van der Waals surface area contributed by atoms with Gasteiger partial charge in [0.15, 0.2) is 0 Å². The van der Waals surface area contributed by atoms with Crippen molar-refractivity contribution >= 4 is 17.5 Å². The zero-order valence-corrected chi connectivity index (χ0v) is 13.6. The molecule has 1 aromatic carbocycles. The summed E-state index contributed by atoms with van der Waals surface area (Å²) in [4.78, 5) is 13.7. The molecule has 23 heavy (non-hydrogen) atoms. The molecule has 1 aromatic heterocycles. The molecule has 0 spiro atoms. The van der Waals surface area contributed by atoms with Gasteiger partial charge >= 0.3 is 0 Å². The highest BCUT2D eigenvalue weighted by atomic mass is 16.1. The summed E-state index contributed by atoms with van der Waals surface area (Å²) in [7, 11) is 2.03. The molecule has 7 nitrogen and oxygen atoms in total. The van der Waals surface area contributed by atoms with E-state index in [1.54, 1.807) is 0 Å². The molecular formula is C16H22N6O. The number of tetrazole rings is 1. The summed E-state index contributed by atoms with van der Waals surface area (Å²) in [6, 6.07) is 8.37. The summed E-state index contributed by atoms with van der Waals surface area (Å²) in [5, 5.41) is 14.9. The lowest BCUT2D eigenvalue weighted by atomic mass is 10.2. The van der Waals surface area contributed by atoms with E-state index in [9.17, 15) is 4.79 Å². The maximum Gasteiger partial charge on any atom is 0.245 e. The molecule has 1 saturated carbocycles. The maximum atomic E-state index is 11.6. The SMILES string of the molecule is CCCC(=O)Nc1ccc(Cn2nnnc2N(C)C2CC2)cc1. The monoisotopic (exact) mass is 314 g/mol. The third kappa shape index (κ3) is 3.85. The highest BCUT2D eigenvalue weighted by molar-refractivity contribution is 5.90. The third-order valence-corrected chi connectivity index (χ3v) is 3.97. The Morgan fingerprint density at radius 1 is 1.35 bits per heavy atom. The van der Waals surface area contributed by atoms with Gasteiger partial charge in [0.25, 0.3) is 0 Å². The Balaban J connectivity index is 1.64. The number of carbonyl (C=O) groups is 1. The standard InChI is InChI=1S/C16H22N6O/c1-3-4-15(23)17-13-7-5-12(6-8-13)11-22-16(18-19-20-22)21(2)14-9-10-14/h5-8,14H,3-4,9-11H2,1-2H3,(H,17,23). The first kappa shape index (κ1) is 15.5. The molecule has 3 rings (SSSR count). The molecule has 0 radical (unpaired) electrons. The summed E-state index contributed by atoms with van der Waals surface area (Å²) >= 11 is 0. The predicted molar refractivity (Wildman–Crippen MR) is 88.3 cm³/mol. The Morgan fingerprint density at radius 3 is 2.74 bits per heavy atom. The molecule has 1 fully saturated rings. The molecule has 0 saturated heterocycles. The molecule has 0 unspecified atom stereocenters. The minimum atomic E-state index is 0.0501. The van der Waals surface area contributed by atoms with E-state index in [-0.39, 0.29) is 5.91 Å².